The first-order valence-corrected chi connectivity index (χ1v) is 11.0. The largest absolute Gasteiger partial charge is 0.322 e. The van der Waals surface area contributed by atoms with Gasteiger partial charge in [0.1, 0.15) is 0 Å². The van der Waals surface area contributed by atoms with Crippen LogP contribution in [0.5, 0.6) is 0 Å². The zero-order chi connectivity index (χ0) is 19.1. The van der Waals surface area contributed by atoms with Crippen molar-refractivity contribution in [2.24, 2.45) is 16.5 Å². The quantitative estimate of drug-likeness (QED) is 0.832. The lowest BCUT2D eigenvalue weighted by atomic mass is 9.72. The van der Waals surface area contributed by atoms with Crippen LogP contribution in [0.15, 0.2) is 34.5 Å². The van der Waals surface area contributed by atoms with Gasteiger partial charge in [-0.15, -0.1) is 11.3 Å². The van der Waals surface area contributed by atoms with Gasteiger partial charge in [-0.25, -0.2) is 13.6 Å². The van der Waals surface area contributed by atoms with Crippen LogP contribution in [-0.2, 0) is 22.9 Å². The first-order chi connectivity index (χ1) is 12.1. The molecule has 1 atom stereocenters. The zero-order valence-corrected chi connectivity index (χ0v) is 16.8. The van der Waals surface area contributed by atoms with Crippen molar-refractivity contribution in [2.75, 3.05) is 5.32 Å². The van der Waals surface area contributed by atoms with Crippen molar-refractivity contribution >= 4 is 33.0 Å². The number of sulfonamides is 1. The third kappa shape index (κ3) is 4.00. The van der Waals surface area contributed by atoms with Gasteiger partial charge in [0, 0.05) is 15.9 Å². The number of thiophene rings is 1. The fourth-order valence-electron chi connectivity index (χ4n) is 3.37. The summed E-state index contributed by atoms with van der Waals surface area (Å²) < 4.78 is 22.6. The summed E-state index contributed by atoms with van der Waals surface area (Å²) in [6, 6.07) is 5.88. The molecule has 1 aliphatic carbocycles. The van der Waals surface area contributed by atoms with Crippen molar-refractivity contribution in [2.45, 2.75) is 44.9 Å². The van der Waals surface area contributed by atoms with Gasteiger partial charge in [-0.1, -0.05) is 20.8 Å². The van der Waals surface area contributed by atoms with E-state index in [1.807, 2.05) is 5.38 Å². The van der Waals surface area contributed by atoms with Crippen LogP contribution < -0.4 is 10.5 Å². The normalized spacial score (nSPS) is 17.6. The number of amides is 1. The second kappa shape index (κ2) is 6.79. The number of rotatable bonds is 3. The fourth-order valence-corrected chi connectivity index (χ4v) is 5.05. The van der Waals surface area contributed by atoms with E-state index in [0.29, 0.717) is 11.6 Å². The Kier molecular flexibility index (Phi) is 4.98. The molecule has 26 heavy (non-hydrogen) atoms. The van der Waals surface area contributed by atoms with Gasteiger partial charge < -0.3 is 5.32 Å². The minimum atomic E-state index is -3.73. The van der Waals surface area contributed by atoms with Gasteiger partial charge in [-0.2, -0.15) is 0 Å². The smallest absolute Gasteiger partial charge is 0.256 e. The van der Waals surface area contributed by atoms with Gasteiger partial charge in [-0.05, 0) is 60.4 Å². The van der Waals surface area contributed by atoms with Crippen LogP contribution in [0.25, 0.3) is 0 Å². The van der Waals surface area contributed by atoms with Crippen LogP contribution in [0.3, 0.4) is 0 Å². The Hall–Kier alpha value is -1.70. The highest BCUT2D eigenvalue weighted by Gasteiger charge is 2.31. The number of carbonyl (C=O) groups is 1. The lowest BCUT2D eigenvalue weighted by Crippen LogP contribution is -2.27. The summed E-state index contributed by atoms with van der Waals surface area (Å²) in [6.45, 7) is 6.82. The van der Waals surface area contributed by atoms with Crippen LogP contribution in [0.2, 0.25) is 0 Å². The second-order valence-electron chi connectivity index (χ2n) is 7.88. The fraction of sp³-hybridized carbons (Fsp3) is 0.421. The van der Waals surface area contributed by atoms with E-state index in [4.69, 9.17) is 5.14 Å². The van der Waals surface area contributed by atoms with E-state index in [9.17, 15) is 13.2 Å². The number of nitrogens with one attached hydrogen (secondary N) is 1. The Morgan fingerprint density at radius 3 is 2.46 bits per heavy atom. The predicted molar refractivity (Wildman–Crippen MR) is 105 cm³/mol. The minimum absolute atomic E-state index is 0.0247. The van der Waals surface area contributed by atoms with Gasteiger partial charge in [0.15, 0.2) is 0 Å². The third-order valence-electron chi connectivity index (χ3n) is 5.07. The monoisotopic (exact) mass is 392 g/mol. The lowest BCUT2D eigenvalue weighted by molar-refractivity contribution is 0.102. The third-order valence-corrected chi connectivity index (χ3v) is 7.05. The molecule has 0 saturated heterocycles. The molecule has 0 bridgehead atoms. The molecule has 7 heteroatoms. The molecule has 0 fully saturated rings. The van der Waals surface area contributed by atoms with Crippen molar-refractivity contribution in [3.8, 4) is 0 Å². The topological polar surface area (TPSA) is 89.3 Å². The molecule has 0 aliphatic heterocycles. The van der Waals surface area contributed by atoms with Crippen molar-refractivity contribution in [3.05, 3.63) is 45.6 Å². The number of carbonyl (C=O) groups excluding carboxylic acids is 1. The van der Waals surface area contributed by atoms with Gasteiger partial charge in [-0.3, -0.25) is 4.79 Å². The molecular weight excluding hydrogens is 368 g/mol. The van der Waals surface area contributed by atoms with Crippen molar-refractivity contribution < 1.29 is 13.2 Å². The van der Waals surface area contributed by atoms with E-state index in [1.54, 1.807) is 23.5 Å². The molecule has 1 amide bonds. The molecule has 3 rings (SSSR count). The summed E-state index contributed by atoms with van der Waals surface area (Å²) in [7, 11) is -3.73. The van der Waals surface area contributed by atoms with E-state index in [0.717, 1.165) is 30.4 Å². The number of benzene rings is 1. The van der Waals surface area contributed by atoms with Gasteiger partial charge >= 0.3 is 0 Å². The SMILES string of the molecule is CC(C)(C)C1CCc2c(C(=O)Nc3ccc(S(N)(=O)=O)cc3)csc2C1. The van der Waals surface area contributed by atoms with Gasteiger partial charge in [0.2, 0.25) is 10.0 Å². The molecular formula is C19H24N2O3S2. The van der Waals surface area contributed by atoms with Crippen LogP contribution in [-0.4, -0.2) is 14.3 Å². The number of primary sulfonamides is 1. The highest BCUT2D eigenvalue weighted by molar-refractivity contribution is 7.89. The predicted octanol–water partition coefficient (Wildman–Crippen LogP) is 3.80. The highest BCUT2D eigenvalue weighted by atomic mass is 32.2. The summed E-state index contributed by atoms with van der Waals surface area (Å²) in [4.78, 5) is 14.0. The molecule has 140 valence electrons. The van der Waals surface area contributed by atoms with Gasteiger partial charge in [0.25, 0.3) is 5.91 Å². The summed E-state index contributed by atoms with van der Waals surface area (Å²) in [5.74, 6) is 0.482. The maximum absolute atomic E-state index is 12.7. The summed E-state index contributed by atoms with van der Waals surface area (Å²) in [5, 5.41) is 9.87. The summed E-state index contributed by atoms with van der Waals surface area (Å²) >= 11 is 1.66. The zero-order valence-electron chi connectivity index (χ0n) is 15.2. The molecule has 0 spiro atoms. The van der Waals surface area contributed by atoms with E-state index in [1.165, 1.54) is 17.0 Å². The second-order valence-corrected chi connectivity index (χ2v) is 10.4. The maximum atomic E-state index is 12.7. The van der Waals surface area contributed by atoms with Gasteiger partial charge in [0.05, 0.1) is 10.5 Å². The van der Waals surface area contributed by atoms with Crippen LogP contribution in [0.1, 0.15) is 48.0 Å². The maximum Gasteiger partial charge on any atom is 0.256 e. The molecule has 3 N–H and O–H groups in total. The van der Waals surface area contributed by atoms with E-state index < -0.39 is 10.0 Å². The van der Waals surface area contributed by atoms with Crippen LogP contribution in [0.4, 0.5) is 5.69 Å². The molecule has 1 aromatic heterocycles. The van der Waals surface area contributed by atoms with Crippen LogP contribution in [0, 0.1) is 11.3 Å². The first kappa shape index (κ1) is 19.1. The molecule has 2 aromatic rings. The Morgan fingerprint density at radius 2 is 1.88 bits per heavy atom. The molecule has 1 aliphatic rings. The average Bonchev–Trinajstić information content (AvgIpc) is 2.97. The molecule has 0 saturated carbocycles. The van der Waals surface area contributed by atoms with Crippen molar-refractivity contribution in [3.63, 3.8) is 0 Å². The average molecular weight is 393 g/mol. The summed E-state index contributed by atoms with van der Waals surface area (Å²) in [5.41, 5.74) is 2.71. The molecule has 1 aromatic carbocycles. The Bertz CT molecular complexity index is 923. The number of hydrogen-bond donors (Lipinski definition) is 2. The highest BCUT2D eigenvalue weighted by Crippen LogP contribution is 2.40. The Balaban J connectivity index is 1.75. The molecule has 0 radical (unpaired) electrons. The molecule has 5 nitrogen and oxygen atoms in total. The number of hydrogen-bond acceptors (Lipinski definition) is 4. The van der Waals surface area contributed by atoms with Crippen LogP contribution >= 0.6 is 11.3 Å². The number of nitrogens with two attached hydrogens (primary N) is 1. The lowest BCUT2D eigenvalue weighted by Gasteiger charge is -2.34. The summed E-state index contributed by atoms with van der Waals surface area (Å²) in [6.07, 6.45) is 3.05. The Labute approximate surface area is 158 Å². The molecule has 1 heterocycles. The standard InChI is InChI=1S/C19H24N2O3S2/c1-19(2,3)12-4-9-15-16(11-25-17(15)10-12)18(22)21-13-5-7-14(8-6-13)26(20,23)24/h5-8,11-12H,4,9-10H2,1-3H3,(H,21,22)(H2,20,23,24). The van der Waals surface area contributed by atoms with Crippen molar-refractivity contribution in [1.29, 1.82) is 0 Å². The number of anilines is 1. The first-order valence-electron chi connectivity index (χ1n) is 8.59. The minimum Gasteiger partial charge on any atom is -0.322 e. The Morgan fingerprint density at radius 1 is 1.23 bits per heavy atom. The molecule has 1 unspecified atom stereocenters. The number of fused-ring (bicyclic) bond motifs is 1. The van der Waals surface area contributed by atoms with E-state index in [-0.39, 0.29) is 16.2 Å². The van der Waals surface area contributed by atoms with Crippen molar-refractivity contribution in [1.82, 2.24) is 0 Å². The van der Waals surface area contributed by atoms with E-state index in [2.05, 4.69) is 26.1 Å². The van der Waals surface area contributed by atoms with E-state index >= 15 is 0 Å².